The maximum atomic E-state index is 5.68. The van der Waals surface area contributed by atoms with E-state index < -0.39 is 0 Å². The second kappa shape index (κ2) is 3.47. The first-order valence-corrected chi connectivity index (χ1v) is 4.33. The molecule has 0 saturated heterocycles. The van der Waals surface area contributed by atoms with E-state index in [0.29, 0.717) is 0 Å². The Morgan fingerprint density at radius 3 is 2.62 bits per heavy atom. The molecule has 0 amide bonds. The molecule has 1 atom stereocenters. The Morgan fingerprint density at radius 2 is 2.23 bits per heavy atom. The highest BCUT2D eigenvalue weighted by molar-refractivity contribution is 5.10. The van der Waals surface area contributed by atoms with Crippen LogP contribution in [-0.4, -0.2) is 17.1 Å². The second-order valence-corrected chi connectivity index (χ2v) is 3.69. The van der Waals surface area contributed by atoms with Crippen LogP contribution in [0.4, 0.5) is 0 Å². The normalized spacial score (nSPS) is 14.5. The Morgan fingerprint density at radius 1 is 1.62 bits per heavy atom. The fraction of sp³-hybridized carbons (Fsp3) is 0.667. The van der Waals surface area contributed by atoms with Gasteiger partial charge in [0.1, 0.15) is 11.4 Å². The number of ether oxygens (including phenoxy) is 1. The molecule has 1 rings (SSSR count). The lowest BCUT2D eigenvalue weighted by atomic mass is 10.1. The molecule has 0 bridgehead atoms. The van der Waals surface area contributed by atoms with Gasteiger partial charge in [-0.1, -0.05) is 0 Å². The highest BCUT2D eigenvalue weighted by Gasteiger charge is 2.22. The number of hydrogen-bond donors (Lipinski definition) is 2. The molecule has 0 fully saturated rings. The lowest BCUT2D eigenvalue weighted by molar-refractivity contribution is 0.0157. The molecule has 1 aromatic rings. The summed E-state index contributed by atoms with van der Waals surface area (Å²) in [7, 11) is 1.67. The molecule has 4 heteroatoms. The van der Waals surface area contributed by atoms with E-state index >= 15 is 0 Å². The summed E-state index contributed by atoms with van der Waals surface area (Å²) in [6.45, 7) is 5.85. The summed E-state index contributed by atoms with van der Waals surface area (Å²) < 4.78 is 5.30. The SMILES string of the molecule is COC(C)(C)c1cnc(C(C)N)[nH]1. The molecule has 0 aliphatic rings. The summed E-state index contributed by atoms with van der Waals surface area (Å²) in [4.78, 5) is 7.31. The van der Waals surface area contributed by atoms with E-state index in [0.717, 1.165) is 11.5 Å². The van der Waals surface area contributed by atoms with Gasteiger partial charge in [0.25, 0.3) is 0 Å². The Labute approximate surface area is 78.5 Å². The number of imidazole rings is 1. The molecule has 0 aromatic carbocycles. The van der Waals surface area contributed by atoms with Crippen molar-refractivity contribution in [3.8, 4) is 0 Å². The zero-order valence-corrected chi connectivity index (χ0v) is 8.59. The minimum atomic E-state index is -0.333. The van der Waals surface area contributed by atoms with Crippen LogP contribution in [-0.2, 0) is 10.3 Å². The summed E-state index contributed by atoms with van der Waals surface area (Å²) >= 11 is 0. The number of aromatic nitrogens is 2. The Hall–Kier alpha value is -0.870. The Balaban J connectivity index is 2.91. The van der Waals surface area contributed by atoms with E-state index in [1.165, 1.54) is 0 Å². The second-order valence-electron chi connectivity index (χ2n) is 3.69. The van der Waals surface area contributed by atoms with Gasteiger partial charge < -0.3 is 15.5 Å². The summed E-state index contributed by atoms with van der Waals surface area (Å²) in [5.74, 6) is 0.792. The molecule has 13 heavy (non-hydrogen) atoms. The van der Waals surface area contributed by atoms with Gasteiger partial charge in [-0.15, -0.1) is 0 Å². The fourth-order valence-electron chi connectivity index (χ4n) is 0.984. The number of nitrogens with one attached hydrogen (secondary N) is 1. The van der Waals surface area contributed by atoms with E-state index in [9.17, 15) is 0 Å². The zero-order valence-electron chi connectivity index (χ0n) is 8.59. The summed E-state index contributed by atoms with van der Waals surface area (Å²) in [6.07, 6.45) is 1.77. The van der Waals surface area contributed by atoms with Crippen LogP contribution in [0, 0.1) is 0 Å². The third kappa shape index (κ3) is 2.08. The topological polar surface area (TPSA) is 63.9 Å². The molecule has 1 aromatic heterocycles. The molecule has 0 saturated carbocycles. The largest absolute Gasteiger partial charge is 0.373 e. The number of nitrogens with two attached hydrogens (primary N) is 1. The van der Waals surface area contributed by atoms with Gasteiger partial charge in [0, 0.05) is 7.11 Å². The minimum Gasteiger partial charge on any atom is -0.373 e. The van der Waals surface area contributed by atoms with Gasteiger partial charge in [0.15, 0.2) is 0 Å². The van der Waals surface area contributed by atoms with Gasteiger partial charge in [-0.2, -0.15) is 0 Å². The van der Waals surface area contributed by atoms with Crippen molar-refractivity contribution in [3.63, 3.8) is 0 Å². The summed E-state index contributed by atoms with van der Waals surface area (Å²) in [5.41, 5.74) is 6.29. The van der Waals surface area contributed by atoms with Crippen molar-refractivity contribution in [1.82, 2.24) is 9.97 Å². The predicted molar refractivity (Wildman–Crippen MR) is 51.2 cm³/mol. The van der Waals surface area contributed by atoms with Crippen molar-refractivity contribution in [2.45, 2.75) is 32.4 Å². The predicted octanol–water partition coefficient (Wildman–Crippen LogP) is 1.31. The zero-order chi connectivity index (χ0) is 10.1. The van der Waals surface area contributed by atoms with E-state index in [1.807, 2.05) is 20.8 Å². The lowest BCUT2D eigenvalue weighted by Crippen LogP contribution is -2.20. The number of rotatable bonds is 3. The van der Waals surface area contributed by atoms with Gasteiger partial charge in [-0.25, -0.2) is 4.98 Å². The molecule has 1 heterocycles. The molecule has 74 valence electrons. The molecule has 0 spiro atoms. The first-order chi connectivity index (χ1) is 5.97. The smallest absolute Gasteiger partial charge is 0.123 e. The quantitative estimate of drug-likeness (QED) is 0.742. The van der Waals surface area contributed by atoms with Crippen molar-refractivity contribution < 1.29 is 4.74 Å². The van der Waals surface area contributed by atoms with Crippen molar-refractivity contribution >= 4 is 0 Å². The van der Waals surface area contributed by atoms with Gasteiger partial charge in [0.2, 0.25) is 0 Å². The van der Waals surface area contributed by atoms with E-state index in [1.54, 1.807) is 13.3 Å². The average molecular weight is 183 g/mol. The van der Waals surface area contributed by atoms with Crippen LogP contribution in [0.5, 0.6) is 0 Å². The molecule has 0 aliphatic carbocycles. The van der Waals surface area contributed by atoms with Gasteiger partial charge in [-0.05, 0) is 20.8 Å². The standard InChI is InChI=1S/C9H17N3O/c1-6(10)8-11-5-7(12-8)9(2,3)13-4/h5-6H,10H2,1-4H3,(H,11,12). The van der Waals surface area contributed by atoms with Crippen LogP contribution in [0.25, 0.3) is 0 Å². The Bertz CT molecular complexity index is 278. The first-order valence-electron chi connectivity index (χ1n) is 4.33. The summed E-state index contributed by atoms with van der Waals surface area (Å²) in [5, 5.41) is 0. The van der Waals surface area contributed by atoms with Crippen LogP contribution >= 0.6 is 0 Å². The van der Waals surface area contributed by atoms with Crippen LogP contribution in [0.2, 0.25) is 0 Å². The van der Waals surface area contributed by atoms with Gasteiger partial charge >= 0.3 is 0 Å². The van der Waals surface area contributed by atoms with Gasteiger partial charge in [0.05, 0.1) is 17.9 Å². The van der Waals surface area contributed by atoms with E-state index in [4.69, 9.17) is 10.5 Å². The molecule has 0 aliphatic heterocycles. The lowest BCUT2D eigenvalue weighted by Gasteiger charge is -2.20. The van der Waals surface area contributed by atoms with Crippen molar-refractivity contribution in [2.75, 3.05) is 7.11 Å². The maximum absolute atomic E-state index is 5.68. The van der Waals surface area contributed by atoms with Crippen molar-refractivity contribution in [3.05, 3.63) is 17.7 Å². The van der Waals surface area contributed by atoms with Gasteiger partial charge in [-0.3, -0.25) is 0 Å². The molecular formula is C9H17N3O. The number of aromatic amines is 1. The van der Waals surface area contributed by atoms with Crippen molar-refractivity contribution in [1.29, 1.82) is 0 Å². The molecule has 0 radical (unpaired) electrons. The number of H-pyrrole nitrogens is 1. The van der Waals surface area contributed by atoms with E-state index in [2.05, 4.69) is 9.97 Å². The van der Waals surface area contributed by atoms with Crippen molar-refractivity contribution in [2.24, 2.45) is 5.73 Å². The molecule has 4 nitrogen and oxygen atoms in total. The average Bonchev–Trinajstić information content (AvgIpc) is 2.52. The van der Waals surface area contributed by atoms with Crippen LogP contribution in [0.3, 0.4) is 0 Å². The molecule has 3 N–H and O–H groups in total. The molecular weight excluding hydrogens is 166 g/mol. The third-order valence-electron chi connectivity index (χ3n) is 2.19. The molecule has 1 unspecified atom stereocenters. The van der Waals surface area contributed by atoms with Crippen LogP contribution < -0.4 is 5.73 Å². The first kappa shape index (κ1) is 10.2. The number of hydrogen-bond acceptors (Lipinski definition) is 3. The minimum absolute atomic E-state index is 0.0681. The van der Waals surface area contributed by atoms with Crippen LogP contribution in [0.1, 0.15) is 38.3 Å². The number of methoxy groups -OCH3 is 1. The summed E-state index contributed by atoms with van der Waals surface area (Å²) in [6, 6.07) is -0.0681. The maximum Gasteiger partial charge on any atom is 0.123 e. The third-order valence-corrected chi connectivity index (χ3v) is 2.19. The number of nitrogens with zero attached hydrogens (tertiary/aromatic N) is 1. The highest BCUT2D eigenvalue weighted by Crippen LogP contribution is 2.22. The van der Waals surface area contributed by atoms with E-state index in [-0.39, 0.29) is 11.6 Å². The fourth-order valence-corrected chi connectivity index (χ4v) is 0.984. The highest BCUT2D eigenvalue weighted by atomic mass is 16.5. The monoisotopic (exact) mass is 183 g/mol. The Kier molecular flexibility index (Phi) is 2.73. The van der Waals surface area contributed by atoms with Crippen LogP contribution in [0.15, 0.2) is 6.20 Å².